The Balaban J connectivity index is 2.09. The van der Waals surface area contributed by atoms with E-state index < -0.39 is 33.7 Å². The zero-order chi connectivity index (χ0) is 20.2. The number of anilines is 2. The maximum Gasteiger partial charge on any atom is 0.242 e. The second-order valence-electron chi connectivity index (χ2n) is 5.66. The van der Waals surface area contributed by atoms with Crippen LogP contribution in [0.25, 0.3) is 0 Å². The second-order valence-corrected chi connectivity index (χ2v) is 7.81. The third-order valence-electron chi connectivity index (χ3n) is 3.39. The van der Waals surface area contributed by atoms with Crippen molar-refractivity contribution in [3.63, 3.8) is 0 Å². The lowest BCUT2D eigenvalue weighted by Gasteiger charge is -2.15. The smallest absolute Gasteiger partial charge is 0.242 e. The Kier molecular flexibility index (Phi) is 6.53. The normalized spacial score (nSPS) is 12.3. The lowest BCUT2D eigenvalue weighted by atomic mass is 10.2. The largest absolute Gasteiger partial charge is 0.325 e. The van der Waals surface area contributed by atoms with Crippen molar-refractivity contribution in [2.75, 3.05) is 10.6 Å². The molecule has 0 fully saturated rings. The first kappa shape index (κ1) is 20.8. The molecule has 144 valence electrons. The van der Waals surface area contributed by atoms with Gasteiger partial charge < -0.3 is 10.6 Å². The highest BCUT2D eigenvalue weighted by Gasteiger charge is 2.22. The van der Waals surface area contributed by atoms with Gasteiger partial charge in [0.25, 0.3) is 0 Å². The molecule has 27 heavy (non-hydrogen) atoms. The number of hydrogen-bond donors (Lipinski definition) is 3. The fourth-order valence-corrected chi connectivity index (χ4v) is 3.44. The predicted octanol–water partition coefficient (Wildman–Crippen LogP) is 2.74. The Morgan fingerprint density at radius 3 is 2.30 bits per heavy atom. The van der Waals surface area contributed by atoms with E-state index in [-0.39, 0.29) is 16.3 Å². The monoisotopic (exact) mass is 413 g/mol. The number of rotatable bonds is 6. The molecule has 3 N–H and O–H groups in total. The van der Waals surface area contributed by atoms with Crippen LogP contribution in [-0.4, -0.2) is 26.3 Å². The summed E-state index contributed by atoms with van der Waals surface area (Å²) in [4.78, 5) is 23.3. The van der Waals surface area contributed by atoms with E-state index in [4.69, 9.17) is 11.6 Å². The van der Waals surface area contributed by atoms with Gasteiger partial charge in [0.15, 0.2) is 0 Å². The first-order valence-electron chi connectivity index (χ1n) is 7.74. The molecule has 7 nitrogen and oxygen atoms in total. The minimum absolute atomic E-state index is 0.0405. The highest BCUT2D eigenvalue weighted by atomic mass is 35.5. The van der Waals surface area contributed by atoms with Crippen LogP contribution in [0.2, 0.25) is 5.02 Å². The summed E-state index contributed by atoms with van der Waals surface area (Å²) in [6.07, 6.45) is 0. The molecule has 2 rings (SSSR count). The van der Waals surface area contributed by atoms with Gasteiger partial charge >= 0.3 is 0 Å². The van der Waals surface area contributed by atoms with Crippen LogP contribution in [0.15, 0.2) is 47.4 Å². The van der Waals surface area contributed by atoms with E-state index in [9.17, 15) is 22.4 Å². The molecule has 2 amide bonds. The van der Waals surface area contributed by atoms with Crippen LogP contribution in [0.1, 0.15) is 13.8 Å². The number of sulfonamides is 1. The average Bonchev–Trinajstić information content (AvgIpc) is 2.57. The summed E-state index contributed by atoms with van der Waals surface area (Å²) in [6.45, 7) is 2.58. The molecule has 0 saturated heterocycles. The zero-order valence-corrected chi connectivity index (χ0v) is 16.0. The van der Waals surface area contributed by atoms with Crippen molar-refractivity contribution in [1.82, 2.24) is 4.72 Å². The molecule has 10 heteroatoms. The zero-order valence-electron chi connectivity index (χ0n) is 14.4. The fourth-order valence-electron chi connectivity index (χ4n) is 2.11. The van der Waals surface area contributed by atoms with Gasteiger partial charge in [-0.25, -0.2) is 12.8 Å². The Labute approximate surface area is 161 Å². The summed E-state index contributed by atoms with van der Waals surface area (Å²) in [7, 11) is -3.93. The molecule has 0 bridgehead atoms. The highest BCUT2D eigenvalue weighted by molar-refractivity contribution is 7.89. The molecule has 0 aliphatic rings. The van der Waals surface area contributed by atoms with Crippen molar-refractivity contribution in [1.29, 1.82) is 0 Å². The molecular formula is C17H17ClFN3O4S. The maximum atomic E-state index is 13.6. The van der Waals surface area contributed by atoms with Gasteiger partial charge in [0.2, 0.25) is 21.8 Å². The van der Waals surface area contributed by atoms with Crippen molar-refractivity contribution < 1.29 is 22.4 Å². The SMILES string of the molecule is CC(=O)Nc1cc(NC(=O)[C@H](C)NS(=O)(=O)c2ccc(Cl)cc2)ccc1F. The van der Waals surface area contributed by atoms with E-state index in [2.05, 4.69) is 15.4 Å². The van der Waals surface area contributed by atoms with E-state index >= 15 is 0 Å². The topological polar surface area (TPSA) is 104 Å². The van der Waals surface area contributed by atoms with Crippen LogP contribution >= 0.6 is 11.6 Å². The lowest BCUT2D eigenvalue weighted by Crippen LogP contribution is -2.41. The maximum absolute atomic E-state index is 13.6. The molecule has 2 aromatic rings. The highest BCUT2D eigenvalue weighted by Crippen LogP contribution is 2.20. The molecule has 0 aliphatic carbocycles. The molecule has 2 aromatic carbocycles. The molecule has 0 spiro atoms. The fraction of sp³-hybridized carbons (Fsp3) is 0.176. The molecule has 0 saturated carbocycles. The van der Waals surface area contributed by atoms with Gasteiger partial charge in [-0.1, -0.05) is 11.6 Å². The molecule has 0 aromatic heterocycles. The van der Waals surface area contributed by atoms with Gasteiger partial charge in [-0.15, -0.1) is 0 Å². The van der Waals surface area contributed by atoms with E-state index in [1.165, 1.54) is 50.2 Å². The first-order chi connectivity index (χ1) is 12.6. The van der Waals surface area contributed by atoms with E-state index in [0.717, 1.165) is 6.07 Å². The number of amides is 2. The van der Waals surface area contributed by atoms with Gasteiger partial charge in [-0.2, -0.15) is 4.72 Å². The number of carbonyl (C=O) groups excluding carboxylic acids is 2. The van der Waals surface area contributed by atoms with Crippen LogP contribution in [0, 0.1) is 5.82 Å². The van der Waals surface area contributed by atoms with Crippen molar-refractivity contribution in [3.05, 3.63) is 53.3 Å². The van der Waals surface area contributed by atoms with Crippen molar-refractivity contribution in [2.45, 2.75) is 24.8 Å². The second kappa shape index (κ2) is 8.47. The number of hydrogen-bond acceptors (Lipinski definition) is 4. The summed E-state index contributed by atoms with van der Waals surface area (Å²) in [5.41, 5.74) is 0.0948. The van der Waals surface area contributed by atoms with Crippen molar-refractivity contribution in [2.24, 2.45) is 0 Å². The molecule has 0 unspecified atom stereocenters. The van der Waals surface area contributed by atoms with E-state index in [1.807, 2.05) is 0 Å². The quantitative estimate of drug-likeness (QED) is 0.677. The summed E-state index contributed by atoms with van der Waals surface area (Å²) in [5.74, 6) is -1.80. The van der Waals surface area contributed by atoms with Crippen LogP contribution in [0.5, 0.6) is 0 Å². The average molecular weight is 414 g/mol. The molecule has 1 atom stereocenters. The van der Waals surface area contributed by atoms with Crippen molar-refractivity contribution >= 4 is 44.8 Å². The molecule has 0 aliphatic heterocycles. The number of nitrogens with one attached hydrogen (secondary N) is 3. The Morgan fingerprint density at radius 1 is 1.07 bits per heavy atom. The minimum atomic E-state index is -3.93. The van der Waals surface area contributed by atoms with Crippen LogP contribution in [-0.2, 0) is 19.6 Å². The summed E-state index contributed by atoms with van der Waals surface area (Å²) >= 11 is 5.73. The van der Waals surface area contributed by atoms with E-state index in [0.29, 0.717) is 5.02 Å². The minimum Gasteiger partial charge on any atom is -0.325 e. The van der Waals surface area contributed by atoms with Gasteiger partial charge in [-0.3, -0.25) is 9.59 Å². The third-order valence-corrected chi connectivity index (χ3v) is 5.20. The van der Waals surface area contributed by atoms with Gasteiger partial charge in [-0.05, 0) is 49.4 Å². The molecule has 0 radical (unpaired) electrons. The third kappa shape index (κ3) is 5.75. The lowest BCUT2D eigenvalue weighted by molar-refractivity contribution is -0.117. The van der Waals surface area contributed by atoms with Crippen LogP contribution < -0.4 is 15.4 Å². The van der Waals surface area contributed by atoms with Crippen molar-refractivity contribution in [3.8, 4) is 0 Å². The molecule has 0 heterocycles. The number of halogens is 2. The van der Waals surface area contributed by atoms with Crippen LogP contribution in [0.3, 0.4) is 0 Å². The predicted molar refractivity (Wildman–Crippen MR) is 101 cm³/mol. The first-order valence-corrected chi connectivity index (χ1v) is 9.60. The van der Waals surface area contributed by atoms with Crippen LogP contribution in [0.4, 0.5) is 15.8 Å². The van der Waals surface area contributed by atoms with Gasteiger partial charge in [0.05, 0.1) is 16.6 Å². The summed E-state index contributed by atoms with van der Waals surface area (Å²) in [6, 6.07) is 7.95. The van der Waals surface area contributed by atoms with Gasteiger partial charge in [0.1, 0.15) is 5.82 Å². The summed E-state index contributed by atoms with van der Waals surface area (Å²) in [5, 5.41) is 5.13. The number of benzene rings is 2. The van der Waals surface area contributed by atoms with E-state index in [1.54, 1.807) is 0 Å². The standard InChI is InChI=1S/C17H17ClFN3O4S/c1-10(22-27(25,26)14-6-3-12(18)4-7-14)17(24)21-13-5-8-15(19)16(9-13)20-11(2)23/h3-10,22H,1-2H3,(H,20,23)(H,21,24)/t10-/m0/s1. The molecular weight excluding hydrogens is 397 g/mol. The van der Waals surface area contributed by atoms with Gasteiger partial charge in [0, 0.05) is 17.6 Å². The number of carbonyl (C=O) groups is 2. The Bertz CT molecular complexity index is 965. The summed E-state index contributed by atoms with van der Waals surface area (Å²) < 4.78 is 40.5. The Morgan fingerprint density at radius 2 is 1.70 bits per heavy atom. The Hall–Kier alpha value is -2.49.